The number of likely N-dealkylation sites (tertiary alicyclic amines) is 1. The van der Waals surface area contributed by atoms with Crippen LogP contribution in [0.15, 0.2) is 36.7 Å². The average molecular weight is 503 g/mol. The Morgan fingerprint density at radius 3 is 2.50 bits per heavy atom. The predicted octanol–water partition coefficient (Wildman–Crippen LogP) is 3.36. The molecule has 0 aliphatic carbocycles. The van der Waals surface area contributed by atoms with Crippen LogP contribution < -0.4 is 15.0 Å². The standard InChI is InChI=1S/C23H25F3N8O2/c1-15(35)33-9-5-22(6-10-33)13-34(14-22)20-12-19(29-21(30-20)17-4-8-32(2)31-17)28-18-11-16(3-7-27-18)36-23(24,25)26/h3-4,7-8,11-12H,5-6,9-10,13-14H2,1-2H3,(H,27,28,29,30). The third kappa shape index (κ3) is 5.19. The lowest BCUT2D eigenvalue weighted by Crippen LogP contribution is -2.61. The van der Waals surface area contributed by atoms with E-state index in [9.17, 15) is 18.0 Å². The number of amides is 1. The van der Waals surface area contributed by atoms with Crippen LogP contribution in [0.4, 0.5) is 30.6 Å². The van der Waals surface area contributed by atoms with Crippen LogP contribution in [0.25, 0.3) is 11.5 Å². The van der Waals surface area contributed by atoms with Gasteiger partial charge in [0.05, 0.1) is 0 Å². The van der Waals surface area contributed by atoms with E-state index in [1.165, 1.54) is 6.20 Å². The maximum atomic E-state index is 12.6. The molecule has 2 saturated heterocycles. The van der Waals surface area contributed by atoms with Crippen LogP contribution in [0.2, 0.25) is 0 Å². The van der Waals surface area contributed by atoms with Gasteiger partial charge in [0.2, 0.25) is 5.91 Å². The van der Waals surface area contributed by atoms with E-state index < -0.39 is 6.36 Å². The normalized spacial score (nSPS) is 17.1. The van der Waals surface area contributed by atoms with Crippen molar-refractivity contribution in [2.24, 2.45) is 12.5 Å². The van der Waals surface area contributed by atoms with Crippen LogP contribution in [0, 0.1) is 5.41 Å². The lowest BCUT2D eigenvalue weighted by atomic mass is 9.72. The minimum Gasteiger partial charge on any atom is -0.406 e. The summed E-state index contributed by atoms with van der Waals surface area (Å²) in [6.07, 6.45) is 0.0582. The number of hydrogen-bond donors (Lipinski definition) is 1. The summed E-state index contributed by atoms with van der Waals surface area (Å²) in [6, 6.07) is 5.80. The number of carbonyl (C=O) groups is 1. The Balaban J connectivity index is 1.38. The highest BCUT2D eigenvalue weighted by molar-refractivity contribution is 5.73. The van der Waals surface area contributed by atoms with Gasteiger partial charge in [-0.05, 0) is 25.0 Å². The number of pyridine rings is 1. The maximum absolute atomic E-state index is 12.6. The van der Waals surface area contributed by atoms with Crippen LogP contribution in [0.3, 0.4) is 0 Å². The van der Waals surface area contributed by atoms with Gasteiger partial charge in [-0.15, -0.1) is 13.2 Å². The fraction of sp³-hybridized carbons (Fsp3) is 0.435. The quantitative estimate of drug-likeness (QED) is 0.567. The molecule has 0 bridgehead atoms. The number of aryl methyl sites for hydroxylation is 1. The van der Waals surface area contributed by atoms with Gasteiger partial charge >= 0.3 is 6.36 Å². The van der Waals surface area contributed by atoms with E-state index in [0.29, 0.717) is 23.2 Å². The number of carbonyl (C=O) groups excluding carboxylic acids is 1. The van der Waals surface area contributed by atoms with Gasteiger partial charge in [-0.3, -0.25) is 9.48 Å². The Kier molecular flexibility index (Phi) is 5.92. The van der Waals surface area contributed by atoms with Gasteiger partial charge in [-0.2, -0.15) is 5.10 Å². The summed E-state index contributed by atoms with van der Waals surface area (Å²) < 4.78 is 43.5. The fourth-order valence-corrected chi connectivity index (χ4v) is 4.65. The van der Waals surface area contributed by atoms with Crippen molar-refractivity contribution in [2.45, 2.75) is 26.1 Å². The van der Waals surface area contributed by atoms with Crippen molar-refractivity contribution in [3.8, 4) is 17.3 Å². The Hall–Kier alpha value is -3.90. The minimum absolute atomic E-state index is 0.103. The first-order valence-electron chi connectivity index (χ1n) is 11.5. The molecule has 36 heavy (non-hydrogen) atoms. The number of nitrogens with zero attached hydrogens (tertiary/aromatic N) is 7. The predicted molar refractivity (Wildman–Crippen MR) is 125 cm³/mol. The Bertz CT molecular complexity index is 1260. The molecule has 0 aromatic carbocycles. The molecule has 2 aliphatic heterocycles. The minimum atomic E-state index is -4.80. The van der Waals surface area contributed by atoms with E-state index in [4.69, 9.17) is 4.98 Å². The molecule has 13 heteroatoms. The SMILES string of the molecule is CC(=O)N1CCC2(CC1)CN(c1cc(Nc3cc(OC(F)(F)F)ccn3)nc(-c3ccn(C)n3)n1)C2. The second-order valence-corrected chi connectivity index (χ2v) is 9.22. The third-order valence-electron chi connectivity index (χ3n) is 6.52. The summed E-state index contributed by atoms with van der Waals surface area (Å²) in [4.78, 5) is 29.0. The van der Waals surface area contributed by atoms with E-state index >= 15 is 0 Å². The van der Waals surface area contributed by atoms with Crippen LogP contribution in [-0.4, -0.2) is 68.1 Å². The highest BCUT2D eigenvalue weighted by Crippen LogP contribution is 2.42. The first-order chi connectivity index (χ1) is 17.1. The van der Waals surface area contributed by atoms with Gasteiger partial charge in [0.25, 0.3) is 0 Å². The molecule has 0 radical (unpaired) electrons. The van der Waals surface area contributed by atoms with E-state index in [1.807, 2.05) is 4.90 Å². The number of aromatic nitrogens is 5. The molecule has 3 aromatic heterocycles. The molecule has 0 atom stereocenters. The molecule has 1 spiro atoms. The van der Waals surface area contributed by atoms with Crippen molar-refractivity contribution in [3.63, 3.8) is 0 Å². The fourth-order valence-electron chi connectivity index (χ4n) is 4.65. The van der Waals surface area contributed by atoms with Gasteiger partial charge < -0.3 is 19.9 Å². The van der Waals surface area contributed by atoms with Crippen LogP contribution in [0.1, 0.15) is 19.8 Å². The maximum Gasteiger partial charge on any atom is 0.573 e. The molecule has 5 heterocycles. The second kappa shape index (κ2) is 8.95. The molecule has 5 rings (SSSR count). The van der Waals surface area contributed by atoms with Gasteiger partial charge in [-0.25, -0.2) is 15.0 Å². The molecule has 190 valence electrons. The van der Waals surface area contributed by atoms with Crippen LogP contribution in [-0.2, 0) is 11.8 Å². The largest absolute Gasteiger partial charge is 0.573 e. The summed E-state index contributed by atoms with van der Waals surface area (Å²) >= 11 is 0. The lowest BCUT2D eigenvalue weighted by molar-refractivity contribution is -0.274. The van der Waals surface area contributed by atoms with Crippen LogP contribution >= 0.6 is 0 Å². The number of hydrogen-bond acceptors (Lipinski definition) is 8. The smallest absolute Gasteiger partial charge is 0.406 e. The highest BCUT2D eigenvalue weighted by atomic mass is 19.4. The molecule has 0 saturated carbocycles. The molecule has 10 nitrogen and oxygen atoms in total. The highest BCUT2D eigenvalue weighted by Gasteiger charge is 2.45. The number of rotatable bonds is 5. The summed E-state index contributed by atoms with van der Waals surface area (Å²) in [6.45, 7) is 4.69. The molecule has 1 amide bonds. The zero-order valence-corrected chi connectivity index (χ0v) is 19.8. The van der Waals surface area contributed by atoms with E-state index in [1.54, 1.807) is 37.0 Å². The van der Waals surface area contributed by atoms with E-state index in [0.717, 1.165) is 51.2 Å². The van der Waals surface area contributed by atoms with Crippen molar-refractivity contribution in [1.82, 2.24) is 29.6 Å². The van der Waals surface area contributed by atoms with Gasteiger partial charge in [0.15, 0.2) is 5.82 Å². The topological polar surface area (TPSA) is 101 Å². The molecule has 3 aromatic rings. The Morgan fingerprint density at radius 2 is 1.86 bits per heavy atom. The molecule has 1 N–H and O–H groups in total. The van der Waals surface area contributed by atoms with Gasteiger partial charge in [0, 0.05) is 70.1 Å². The summed E-state index contributed by atoms with van der Waals surface area (Å²) in [5, 5.41) is 7.35. The Morgan fingerprint density at radius 1 is 1.11 bits per heavy atom. The Labute approximate surface area is 205 Å². The number of ether oxygens (including phenoxy) is 1. The summed E-state index contributed by atoms with van der Waals surface area (Å²) in [5.74, 6) is 1.28. The second-order valence-electron chi connectivity index (χ2n) is 9.22. The van der Waals surface area contributed by atoms with E-state index in [2.05, 4.69) is 30.0 Å². The average Bonchev–Trinajstić information content (AvgIpc) is 3.23. The van der Waals surface area contributed by atoms with Crippen LogP contribution in [0.5, 0.6) is 5.75 Å². The first kappa shape index (κ1) is 23.8. The molecule has 0 unspecified atom stereocenters. The zero-order chi connectivity index (χ0) is 25.5. The van der Waals surface area contributed by atoms with Gasteiger partial charge in [-0.1, -0.05) is 0 Å². The van der Waals surface area contributed by atoms with Crippen molar-refractivity contribution in [1.29, 1.82) is 0 Å². The van der Waals surface area contributed by atoms with Crippen molar-refractivity contribution >= 4 is 23.4 Å². The van der Waals surface area contributed by atoms with Crippen molar-refractivity contribution < 1.29 is 22.7 Å². The number of nitrogens with one attached hydrogen (secondary N) is 1. The number of halogens is 3. The molecule has 2 aliphatic rings. The van der Waals surface area contributed by atoms with E-state index in [-0.39, 0.29) is 22.9 Å². The molecular weight excluding hydrogens is 477 g/mol. The number of piperidine rings is 1. The zero-order valence-electron chi connectivity index (χ0n) is 19.8. The van der Waals surface area contributed by atoms with Crippen molar-refractivity contribution in [3.05, 3.63) is 36.7 Å². The monoisotopic (exact) mass is 502 g/mol. The third-order valence-corrected chi connectivity index (χ3v) is 6.52. The van der Waals surface area contributed by atoms with Crippen molar-refractivity contribution in [2.75, 3.05) is 36.4 Å². The molecular formula is C23H25F3N8O2. The summed E-state index contributed by atoms with van der Waals surface area (Å²) in [7, 11) is 1.79. The van der Waals surface area contributed by atoms with Gasteiger partial charge in [0.1, 0.15) is 28.9 Å². The summed E-state index contributed by atoms with van der Waals surface area (Å²) in [5.41, 5.74) is 0.704. The first-order valence-corrected chi connectivity index (χ1v) is 11.5. The lowest BCUT2D eigenvalue weighted by Gasteiger charge is -2.54. The number of anilines is 3. The molecule has 2 fully saturated rings. The number of alkyl halides is 3.